The third-order valence-electron chi connectivity index (χ3n) is 3.94. The second kappa shape index (κ2) is 3.31. The molecule has 0 saturated carbocycles. The molecular formula is C11H15NO2S2. The van der Waals surface area contributed by atoms with Gasteiger partial charge < -0.3 is 4.90 Å². The van der Waals surface area contributed by atoms with E-state index >= 15 is 0 Å². The van der Waals surface area contributed by atoms with Crippen LogP contribution in [0.15, 0.2) is 15.7 Å². The van der Waals surface area contributed by atoms with E-state index in [1.165, 1.54) is 11.3 Å². The second-order valence-electron chi connectivity index (χ2n) is 4.99. The summed E-state index contributed by atoms with van der Waals surface area (Å²) >= 11 is 1.52. The van der Waals surface area contributed by atoms with Gasteiger partial charge in [-0.1, -0.05) is 0 Å². The number of piperidine rings is 1. The van der Waals surface area contributed by atoms with Crippen LogP contribution in [0.25, 0.3) is 0 Å². The van der Waals surface area contributed by atoms with Crippen molar-refractivity contribution >= 4 is 21.2 Å². The maximum atomic E-state index is 12.1. The molecule has 1 aromatic rings. The minimum atomic E-state index is -3.00. The van der Waals surface area contributed by atoms with Gasteiger partial charge in [0.25, 0.3) is 0 Å². The Hall–Kier alpha value is -0.390. The lowest BCUT2D eigenvalue weighted by Gasteiger charge is -2.37. The predicted octanol–water partition coefficient (Wildman–Crippen LogP) is 1.50. The topological polar surface area (TPSA) is 37.4 Å². The van der Waals surface area contributed by atoms with Gasteiger partial charge in [-0.05, 0) is 43.9 Å². The van der Waals surface area contributed by atoms with Crippen LogP contribution in [0.3, 0.4) is 0 Å². The molecule has 16 heavy (non-hydrogen) atoms. The largest absolute Gasteiger partial charge is 0.306 e. The van der Waals surface area contributed by atoms with Crippen LogP contribution in [0.4, 0.5) is 0 Å². The highest BCUT2D eigenvalue weighted by Crippen LogP contribution is 2.47. The van der Waals surface area contributed by atoms with E-state index in [9.17, 15) is 8.42 Å². The summed E-state index contributed by atoms with van der Waals surface area (Å²) in [6, 6.07) is 0. The lowest BCUT2D eigenvalue weighted by atomic mass is 9.76. The summed E-state index contributed by atoms with van der Waals surface area (Å²) in [5, 5.41) is 3.85. The highest BCUT2D eigenvalue weighted by atomic mass is 32.2. The lowest BCUT2D eigenvalue weighted by Crippen LogP contribution is -2.41. The molecule has 0 unspecified atom stereocenters. The van der Waals surface area contributed by atoms with Crippen LogP contribution in [0, 0.1) is 0 Å². The molecule has 1 aromatic heterocycles. The molecule has 88 valence electrons. The Morgan fingerprint density at radius 1 is 1.31 bits per heavy atom. The molecule has 0 aliphatic carbocycles. The maximum absolute atomic E-state index is 12.1. The van der Waals surface area contributed by atoms with Crippen molar-refractivity contribution in [2.75, 3.05) is 25.9 Å². The van der Waals surface area contributed by atoms with Gasteiger partial charge in [0.1, 0.15) is 0 Å². The minimum absolute atomic E-state index is 0.0688. The molecule has 3 nitrogen and oxygen atoms in total. The minimum Gasteiger partial charge on any atom is -0.306 e. The number of hydrogen-bond acceptors (Lipinski definition) is 4. The van der Waals surface area contributed by atoms with Crippen molar-refractivity contribution in [1.82, 2.24) is 4.90 Å². The number of rotatable bonds is 0. The Bertz CT molecular complexity index is 510. The first-order valence-electron chi connectivity index (χ1n) is 5.52. The Kier molecular flexibility index (Phi) is 2.22. The van der Waals surface area contributed by atoms with Gasteiger partial charge in [-0.15, -0.1) is 0 Å². The van der Waals surface area contributed by atoms with Crippen molar-refractivity contribution in [3.8, 4) is 0 Å². The molecule has 0 aromatic carbocycles. The van der Waals surface area contributed by atoms with Crippen LogP contribution in [0.2, 0.25) is 0 Å². The van der Waals surface area contributed by atoms with Crippen LogP contribution >= 0.6 is 11.3 Å². The Morgan fingerprint density at radius 2 is 2.00 bits per heavy atom. The van der Waals surface area contributed by atoms with Gasteiger partial charge in [0.15, 0.2) is 9.84 Å². The van der Waals surface area contributed by atoms with E-state index in [1.807, 2.05) is 5.38 Å². The number of nitrogens with zero attached hydrogens (tertiary/aromatic N) is 1. The highest BCUT2D eigenvalue weighted by molar-refractivity contribution is 7.92. The monoisotopic (exact) mass is 257 g/mol. The van der Waals surface area contributed by atoms with Gasteiger partial charge in [0.2, 0.25) is 0 Å². The fourth-order valence-electron chi connectivity index (χ4n) is 2.89. The summed E-state index contributed by atoms with van der Waals surface area (Å²) in [6.07, 6.45) is 1.96. The van der Waals surface area contributed by atoms with Gasteiger partial charge in [-0.25, -0.2) is 8.42 Å². The first-order chi connectivity index (χ1) is 7.54. The lowest BCUT2D eigenvalue weighted by molar-refractivity contribution is 0.203. The van der Waals surface area contributed by atoms with Crippen LogP contribution in [-0.2, 0) is 15.3 Å². The maximum Gasteiger partial charge on any atom is 0.180 e. The van der Waals surface area contributed by atoms with Gasteiger partial charge in [-0.3, -0.25) is 0 Å². The summed E-state index contributed by atoms with van der Waals surface area (Å²) in [5.74, 6) is 0.339. The molecule has 5 heteroatoms. The van der Waals surface area contributed by atoms with E-state index in [1.54, 1.807) is 5.38 Å². The third-order valence-corrected chi connectivity index (χ3v) is 6.78. The first-order valence-corrected chi connectivity index (χ1v) is 8.11. The average Bonchev–Trinajstić information content (AvgIpc) is 2.77. The van der Waals surface area contributed by atoms with Crippen LogP contribution in [-0.4, -0.2) is 39.2 Å². The number of fused-ring (bicyclic) bond motifs is 2. The third kappa shape index (κ3) is 1.38. The summed E-state index contributed by atoms with van der Waals surface area (Å²) in [4.78, 5) is 2.89. The summed E-state index contributed by atoms with van der Waals surface area (Å²) in [6.45, 7) is 2.01. The van der Waals surface area contributed by atoms with E-state index in [4.69, 9.17) is 0 Å². The predicted molar refractivity (Wildman–Crippen MR) is 64.8 cm³/mol. The number of hydrogen-bond donors (Lipinski definition) is 0. The van der Waals surface area contributed by atoms with E-state index in [0.29, 0.717) is 10.6 Å². The van der Waals surface area contributed by atoms with Crippen molar-refractivity contribution in [2.45, 2.75) is 23.2 Å². The van der Waals surface area contributed by atoms with Gasteiger partial charge >= 0.3 is 0 Å². The Balaban J connectivity index is 2.07. The molecule has 2 aliphatic rings. The van der Waals surface area contributed by atoms with Crippen molar-refractivity contribution in [3.63, 3.8) is 0 Å². The van der Waals surface area contributed by atoms with Crippen LogP contribution < -0.4 is 0 Å². The van der Waals surface area contributed by atoms with Crippen LogP contribution in [0.1, 0.15) is 18.4 Å². The Morgan fingerprint density at radius 3 is 2.69 bits per heavy atom. The van der Waals surface area contributed by atoms with Gasteiger partial charge in [0, 0.05) is 10.8 Å². The van der Waals surface area contributed by atoms with E-state index in [0.717, 1.165) is 31.5 Å². The normalized spacial score (nSPS) is 27.1. The van der Waals surface area contributed by atoms with E-state index in [-0.39, 0.29) is 5.41 Å². The highest BCUT2D eigenvalue weighted by Gasteiger charge is 2.48. The first kappa shape index (κ1) is 10.7. The molecule has 3 rings (SSSR count). The smallest absolute Gasteiger partial charge is 0.180 e. The number of likely N-dealkylation sites (tertiary alicyclic amines) is 1. The summed E-state index contributed by atoms with van der Waals surface area (Å²) < 4.78 is 24.1. The van der Waals surface area contributed by atoms with Crippen LogP contribution in [0.5, 0.6) is 0 Å². The molecule has 3 heterocycles. The van der Waals surface area contributed by atoms with Crippen molar-refractivity contribution in [1.29, 1.82) is 0 Å². The zero-order valence-electron chi connectivity index (χ0n) is 9.27. The second-order valence-corrected chi connectivity index (χ2v) is 7.69. The zero-order valence-corrected chi connectivity index (χ0v) is 10.9. The molecule has 0 radical (unpaired) electrons. The number of sulfone groups is 1. The fourth-order valence-corrected chi connectivity index (χ4v) is 6.49. The van der Waals surface area contributed by atoms with Gasteiger partial charge in [0.05, 0.1) is 10.6 Å². The van der Waals surface area contributed by atoms with Crippen molar-refractivity contribution < 1.29 is 8.42 Å². The molecule has 1 spiro atoms. The molecule has 0 amide bonds. The van der Waals surface area contributed by atoms with E-state index < -0.39 is 9.84 Å². The average molecular weight is 257 g/mol. The quantitative estimate of drug-likeness (QED) is 0.707. The Labute approximate surface area is 100.0 Å². The SMILES string of the molecule is CN1CCC2(CC1)CS(=O)(=O)c1cscc12. The standard InChI is InChI=1S/C11H15NO2S2/c1-12-4-2-11(3-5-12)8-16(13,14)10-7-15-6-9(10)11/h6-7H,2-5,8H2,1H3. The molecule has 2 aliphatic heterocycles. The number of thiophene rings is 1. The molecule has 0 atom stereocenters. The summed E-state index contributed by atoms with van der Waals surface area (Å²) in [7, 11) is -0.894. The summed E-state index contributed by atoms with van der Waals surface area (Å²) in [5.41, 5.74) is 1.03. The molecule has 0 bridgehead atoms. The van der Waals surface area contributed by atoms with Crippen molar-refractivity contribution in [3.05, 3.63) is 16.3 Å². The molecular weight excluding hydrogens is 242 g/mol. The molecule has 0 N–H and O–H groups in total. The van der Waals surface area contributed by atoms with Crippen molar-refractivity contribution in [2.24, 2.45) is 0 Å². The zero-order chi connectivity index (χ0) is 11.4. The van der Waals surface area contributed by atoms with E-state index in [2.05, 4.69) is 11.9 Å². The molecule has 1 saturated heterocycles. The van der Waals surface area contributed by atoms with Gasteiger partial charge in [-0.2, -0.15) is 11.3 Å². The fraction of sp³-hybridized carbons (Fsp3) is 0.636. The molecule has 1 fully saturated rings.